The maximum atomic E-state index is 13.2. The summed E-state index contributed by atoms with van der Waals surface area (Å²) in [7, 11) is 0. The summed E-state index contributed by atoms with van der Waals surface area (Å²) >= 11 is 1.54. The molecule has 0 aromatic heterocycles. The van der Waals surface area contributed by atoms with E-state index in [4.69, 9.17) is 15.2 Å². The molecule has 104 valence electrons. The first kappa shape index (κ1) is 13.3. The summed E-state index contributed by atoms with van der Waals surface area (Å²) in [5.74, 6) is 1.24. The van der Waals surface area contributed by atoms with Crippen LogP contribution >= 0.6 is 11.8 Å². The van der Waals surface area contributed by atoms with Crippen LogP contribution in [0, 0.1) is 5.82 Å². The molecule has 20 heavy (non-hydrogen) atoms. The maximum absolute atomic E-state index is 13.2. The van der Waals surface area contributed by atoms with Crippen molar-refractivity contribution in [3.8, 4) is 11.5 Å². The molecule has 3 nitrogen and oxygen atoms in total. The van der Waals surface area contributed by atoms with Crippen LogP contribution in [-0.4, -0.2) is 13.2 Å². The Labute approximate surface area is 120 Å². The molecule has 0 saturated carbocycles. The standard InChI is InChI=1S/C15H14FNO2S/c16-11-1-4-15(10(7-11)9-17)20-12-2-3-13-14(8-12)19-6-5-18-13/h1-4,7-8H,5-6,9,17H2. The highest BCUT2D eigenvalue weighted by atomic mass is 32.2. The van der Waals surface area contributed by atoms with Gasteiger partial charge in [-0.25, -0.2) is 4.39 Å². The largest absolute Gasteiger partial charge is 0.486 e. The summed E-state index contributed by atoms with van der Waals surface area (Å²) in [5.41, 5.74) is 6.46. The first-order valence-electron chi connectivity index (χ1n) is 6.32. The van der Waals surface area contributed by atoms with E-state index >= 15 is 0 Å². The van der Waals surface area contributed by atoms with Crippen LogP contribution in [0.2, 0.25) is 0 Å². The molecule has 0 spiro atoms. The SMILES string of the molecule is NCc1cc(F)ccc1Sc1ccc2c(c1)OCCO2. The van der Waals surface area contributed by atoms with E-state index in [-0.39, 0.29) is 5.82 Å². The number of halogens is 1. The van der Waals surface area contributed by atoms with Crippen molar-refractivity contribution in [1.82, 2.24) is 0 Å². The van der Waals surface area contributed by atoms with Crippen molar-refractivity contribution in [2.45, 2.75) is 16.3 Å². The zero-order valence-electron chi connectivity index (χ0n) is 10.8. The van der Waals surface area contributed by atoms with Gasteiger partial charge in [0.15, 0.2) is 11.5 Å². The predicted molar refractivity (Wildman–Crippen MR) is 75.8 cm³/mol. The molecular weight excluding hydrogens is 277 g/mol. The van der Waals surface area contributed by atoms with Gasteiger partial charge in [-0.1, -0.05) is 11.8 Å². The number of nitrogens with two attached hydrogens (primary N) is 1. The highest BCUT2D eigenvalue weighted by Crippen LogP contribution is 2.37. The van der Waals surface area contributed by atoms with Crippen LogP contribution < -0.4 is 15.2 Å². The average molecular weight is 291 g/mol. The van der Waals surface area contributed by atoms with Gasteiger partial charge in [0, 0.05) is 16.3 Å². The predicted octanol–water partition coefficient (Wildman–Crippen LogP) is 3.21. The zero-order chi connectivity index (χ0) is 13.9. The number of ether oxygens (including phenoxy) is 2. The van der Waals surface area contributed by atoms with Crippen LogP contribution in [-0.2, 0) is 6.54 Å². The highest BCUT2D eigenvalue weighted by molar-refractivity contribution is 7.99. The van der Waals surface area contributed by atoms with E-state index in [0.29, 0.717) is 19.8 Å². The van der Waals surface area contributed by atoms with E-state index in [2.05, 4.69) is 0 Å². The molecule has 0 bridgehead atoms. The molecule has 0 atom stereocenters. The average Bonchev–Trinajstić information content (AvgIpc) is 2.49. The third kappa shape index (κ3) is 2.73. The topological polar surface area (TPSA) is 44.5 Å². The van der Waals surface area contributed by atoms with Gasteiger partial charge < -0.3 is 15.2 Å². The molecule has 0 unspecified atom stereocenters. The van der Waals surface area contributed by atoms with E-state index in [9.17, 15) is 4.39 Å². The van der Waals surface area contributed by atoms with Crippen LogP contribution in [0.25, 0.3) is 0 Å². The minimum Gasteiger partial charge on any atom is -0.486 e. The molecule has 1 heterocycles. The fourth-order valence-electron chi connectivity index (χ4n) is 2.02. The van der Waals surface area contributed by atoms with Gasteiger partial charge in [0.05, 0.1) is 0 Å². The normalized spacial score (nSPS) is 13.3. The van der Waals surface area contributed by atoms with Gasteiger partial charge in [-0.05, 0) is 42.0 Å². The second kappa shape index (κ2) is 5.73. The number of fused-ring (bicyclic) bond motifs is 1. The van der Waals surface area contributed by atoms with Gasteiger partial charge in [0.25, 0.3) is 0 Å². The van der Waals surface area contributed by atoms with Gasteiger partial charge in [0.1, 0.15) is 19.0 Å². The summed E-state index contributed by atoms with van der Waals surface area (Å²) in [6.07, 6.45) is 0. The Morgan fingerprint density at radius 1 is 1.05 bits per heavy atom. The molecule has 1 aliphatic rings. The molecule has 5 heteroatoms. The summed E-state index contributed by atoms with van der Waals surface area (Å²) in [6, 6.07) is 10.5. The van der Waals surface area contributed by atoms with E-state index in [0.717, 1.165) is 26.9 Å². The Hall–Kier alpha value is -1.72. The lowest BCUT2D eigenvalue weighted by Gasteiger charge is -2.19. The monoisotopic (exact) mass is 291 g/mol. The first-order valence-corrected chi connectivity index (χ1v) is 7.14. The molecular formula is C15H14FNO2S. The van der Waals surface area contributed by atoms with Crippen molar-refractivity contribution >= 4 is 11.8 Å². The van der Waals surface area contributed by atoms with Gasteiger partial charge >= 0.3 is 0 Å². The van der Waals surface area contributed by atoms with E-state index in [1.165, 1.54) is 23.9 Å². The summed E-state index contributed by atoms with van der Waals surface area (Å²) in [5, 5.41) is 0. The molecule has 0 radical (unpaired) electrons. The second-order valence-corrected chi connectivity index (χ2v) is 5.48. The van der Waals surface area contributed by atoms with Crippen molar-refractivity contribution in [1.29, 1.82) is 0 Å². The lowest BCUT2D eigenvalue weighted by Crippen LogP contribution is -2.15. The quantitative estimate of drug-likeness (QED) is 0.943. The fourth-order valence-corrected chi connectivity index (χ4v) is 2.99. The molecule has 0 fully saturated rings. The van der Waals surface area contributed by atoms with Crippen molar-refractivity contribution in [3.63, 3.8) is 0 Å². The van der Waals surface area contributed by atoms with Crippen molar-refractivity contribution in [3.05, 3.63) is 47.8 Å². The second-order valence-electron chi connectivity index (χ2n) is 4.36. The molecule has 3 rings (SSSR count). The van der Waals surface area contributed by atoms with Crippen molar-refractivity contribution in [2.75, 3.05) is 13.2 Å². The Kier molecular flexibility index (Phi) is 3.80. The molecule has 0 amide bonds. The highest BCUT2D eigenvalue weighted by Gasteiger charge is 2.13. The van der Waals surface area contributed by atoms with Crippen molar-refractivity contribution < 1.29 is 13.9 Å². The van der Waals surface area contributed by atoms with Crippen LogP contribution in [0.1, 0.15) is 5.56 Å². The fraction of sp³-hybridized carbons (Fsp3) is 0.200. The van der Waals surface area contributed by atoms with Crippen LogP contribution in [0.3, 0.4) is 0 Å². The number of benzene rings is 2. The number of hydrogen-bond donors (Lipinski definition) is 1. The summed E-state index contributed by atoms with van der Waals surface area (Å²) < 4.78 is 24.2. The minimum atomic E-state index is -0.267. The van der Waals surface area contributed by atoms with Crippen LogP contribution in [0.5, 0.6) is 11.5 Å². The summed E-state index contributed by atoms with van der Waals surface area (Å²) in [6.45, 7) is 1.45. The summed E-state index contributed by atoms with van der Waals surface area (Å²) in [4.78, 5) is 1.96. The molecule has 2 N–H and O–H groups in total. The Morgan fingerprint density at radius 2 is 1.85 bits per heavy atom. The molecule has 1 aliphatic heterocycles. The molecule has 0 aliphatic carbocycles. The third-order valence-electron chi connectivity index (χ3n) is 2.98. The Bertz CT molecular complexity index is 633. The minimum absolute atomic E-state index is 0.267. The smallest absolute Gasteiger partial charge is 0.162 e. The lowest BCUT2D eigenvalue weighted by molar-refractivity contribution is 0.171. The number of hydrogen-bond acceptors (Lipinski definition) is 4. The molecule has 2 aromatic carbocycles. The zero-order valence-corrected chi connectivity index (χ0v) is 11.6. The van der Waals surface area contributed by atoms with E-state index in [1.54, 1.807) is 6.07 Å². The number of rotatable bonds is 3. The van der Waals surface area contributed by atoms with Crippen molar-refractivity contribution in [2.24, 2.45) is 5.73 Å². The maximum Gasteiger partial charge on any atom is 0.162 e. The van der Waals surface area contributed by atoms with Gasteiger partial charge in [0.2, 0.25) is 0 Å². The third-order valence-corrected chi connectivity index (χ3v) is 4.09. The first-order chi connectivity index (χ1) is 9.76. The molecule has 2 aromatic rings. The van der Waals surface area contributed by atoms with Gasteiger partial charge in [-0.3, -0.25) is 0 Å². The lowest BCUT2D eigenvalue weighted by atomic mass is 10.2. The Morgan fingerprint density at radius 3 is 2.65 bits per heavy atom. The van der Waals surface area contributed by atoms with Gasteiger partial charge in [-0.2, -0.15) is 0 Å². The van der Waals surface area contributed by atoms with Crippen LogP contribution in [0.4, 0.5) is 4.39 Å². The molecule has 0 saturated heterocycles. The van der Waals surface area contributed by atoms with Crippen LogP contribution in [0.15, 0.2) is 46.2 Å². The van der Waals surface area contributed by atoms with Gasteiger partial charge in [-0.15, -0.1) is 0 Å². The van der Waals surface area contributed by atoms with E-state index in [1.807, 2.05) is 18.2 Å². The Balaban J connectivity index is 1.87. The van der Waals surface area contributed by atoms with E-state index < -0.39 is 0 Å².